The van der Waals surface area contributed by atoms with Crippen molar-refractivity contribution in [1.82, 2.24) is 10.3 Å². The molecule has 0 aliphatic carbocycles. The molecule has 0 atom stereocenters. The molecule has 110 valence electrons. The summed E-state index contributed by atoms with van der Waals surface area (Å²) in [6.45, 7) is 3.65. The third-order valence-electron chi connectivity index (χ3n) is 2.84. The van der Waals surface area contributed by atoms with Gasteiger partial charge in [-0.1, -0.05) is 19.1 Å². The Bertz CT molecular complexity index is 617. The lowest BCUT2D eigenvalue weighted by Gasteiger charge is -2.10. The van der Waals surface area contributed by atoms with Crippen molar-refractivity contribution in [1.29, 1.82) is 0 Å². The van der Waals surface area contributed by atoms with Crippen molar-refractivity contribution in [2.24, 2.45) is 0 Å². The molecule has 0 fully saturated rings. The molecule has 0 amide bonds. The van der Waals surface area contributed by atoms with Crippen molar-refractivity contribution in [3.05, 3.63) is 58.3 Å². The maximum atomic E-state index is 10.8. The Hall–Kier alpha value is -2.47. The van der Waals surface area contributed by atoms with E-state index in [1.54, 1.807) is 18.3 Å². The van der Waals surface area contributed by atoms with Gasteiger partial charge >= 0.3 is 0 Å². The fourth-order valence-electron chi connectivity index (χ4n) is 1.82. The van der Waals surface area contributed by atoms with Gasteiger partial charge in [-0.15, -0.1) is 0 Å². The summed E-state index contributed by atoms with van der Waals surface area (Å²) < 4.78 is 5.68. The number of nitro groups is 1. The molecular weight excluding hydrogens is 270 g/mol. The summed E-state index contributed by atoms with van der Waals surface area (Å²) in [6, 6.07) is 9.83. The zero-order valence-corrected chi connectivity index (χ0v) is 11.8. The normalized spacial score (nSPS) is 10.3. The van der Waals surface area contributed by atoms with E-state index in [2.05, 4.69) is 17.2 Å². The molecule has 1 aromatic heterocycles. The van der Waals surface area contributed by atoms with Crippen LogP contribution in [0.5, 0.6) is 11.6 Å². The van der Waals surface area contributed by atoms with E-state index >= 15 is 0 Å². The predicted octanol–water partition coefficient (Wildman–Crippen LogP) is 3.28. The molecule has 0 saturated carbocycles. The lowest BCUT2D eigenvalue weighted by Crippen LogP contribution is -2.14. The van der Waals surface area contributed by atoms with Gasteiger partial charge in [-0.05, 0) is 25.1 Å². The fraction of sp³-hybridized carbons (Fsp3) is 0.267. The highest BCUT2D eigenvalue weighted by atomic mass is 16.6. The zero-order chi connectivity index (χ0) is 15.1. The van der Waals surface area contributed by atoms with Gasteiger partial charge in [0.15, 0.2) is 0 Å². The number of benzene rings is 1. The summed E-state index contributed by atoms with van der Waals surface area (Å²) in [5.41, 5.74) is 0.909. The number of nitrogens with zero attached hydrogens (tertiary/aromatic N) is 2. The number of aromatic nitrogens is 1. The van der Waals surface area contributed by atoms with E-state index in [1.807, 2.05) is 12.1 Å². The first-order valence-electron chi connectivity index (χ1n) is 6.77. The minimum Gasteiger partial charge on any atom is -0.438 e. The molecule has 6 nitrogen and oxygen atoms in total. The molecule has 1 aromatic carbocycles. The van der Waals surface area contributed by atoms with Crippen molar-refractivity contribution in [3.8, 4) is 11.6 Å². The molecule has 0 aliphatic heterocycles. The van der Waals surface area contributed by atoms with Crippen LogP contribution < -0.4 is 10.1 Å². The third-order valence-corrected chi connectivity index (χ3v) is 2.84. The molecule has 0 aliphatic rings. The average molecular weight is 287 g/mol. The zero-order valence-electron chi connectivity index (χ0n) is 11.8. The monoisotopic (exact) mass is 287 g/mol. The van der Waals surface area contributed by atoms with Crippen LogP contribution in [0.25, 0.3) is 0 Å². The molecule has 1 N–H and O–H groups in total. The van der Waals surface area contributed by atoms with E-state index < -0.39 is 4.92 Å². The molecule has 0 radical (unpaired) electrons. The summed E-state index contributed by atoms with van der Waals surface area (Å²) in [4.78, 5) is 14.5. The molecule has 6 heteroatoms. The molecular formula is C15H17N3O3. The van der Waals surface area contributed by atoms with Gasteiger partial charge in [0.1, 0.15) is 5.75 Å². The van der Waals surface area contributed by atoms with E-state index in [0.29, 0.717) is 18.2 Å². The van der Waals surface area contributed by atoms with Gasteiger partial charge in [-0.3, -0.25) is 10.1 Å². The number of ether oxygens (including phenoxy) is 1. The number of pyridine rings is 1. The van der Waals surface area contributed by atoms with Crippen LogP contribution >= 0.6 is 0 Å². The molecule has 21 heavy (non-hydrogen) atoms. The maximum absolute atomic E-state index is 10.8. The quantitative estimate of drug-likeness (QED) is 0.480. The van der Waals surface area contributed by atoms with Crippen molar-refractivity contribution in [2.45, 2.75) is 19.9 Å². The number of hydrogen-bond donors (Lipinski definition) is 1. The minimum absolute atomic E-state index is 0.00547. The highest BCUT2D eigenvalue weighted by molar-refractivity contribution is 5.40. The van der Waals surface area contributed by atoms with Gasteiger partial charge in [0, 0.05) is 24.4 Å². The smallest absolute Gasteiger partial charge is 0.273 e. The first-order chi connectivity index (χ1) is 10.2. The largest absolute Gasteiger partial charge is 0.438 e. The minimum atomic E-state index is -0.449. The van der Waals surface area contributed by atoms with Crippen LogP contribution in [-0.2, 0) is 6.54 Å². The average Bonchev–Trinajstić information content (AvgIpc) is 2.49. The van der Waals surface area contributed by atoms with E-state index in [0.717, 1.165) is 18.5 Å². The Kier molecular flexibility index (Phi) is 5.22. The van der Waals surface area contributed by atoms with Crippen molar-refractivity contribution >= 4 is 5.69 Å². The Labute approximate surface area is 122 Å². The van der Waals surface area contributed by atoms with E-state index in [1.165, 1.54) is 12.1 Å². The SMILES string of the molecule is CCCNCc1cccnc1Oc1cccc([N+](=O)[O-])c1. The first kappa shape index (κ1) is 14.9. The number of nitrogens with one attached hydrogen (secondary N) is 1. The molecule has 2 aromatic rings. The van der Waals surface area contributed by atoms with Crippen LogP contribution in [0.1, 0.15) is 18.9 Å². The first-order valence-corrected chi connectivity index (χ1v) is 6.77. The highest BCUT2D eigenvalue weighted by Crippen LogP contribution is 2.26. The van der Waals surface area contributed by atoms with E-state index in [4.69, 9.17) is 4.74 Å². The van der Waals surface area contributed by atoms with E-state index in [9.17, 15) is 10.1 Å². The Morgan fingerprint density at radius 2 is 2.19 bits per heavy atom. The second kappa shape index (κ2) is 7.35. The second-order valence-corrected chi connectivity index (χ2v) is 4.50. The Morgan fingerprint density at radius 3 is 2.95 bits per heavy atom. The number of nitro benzene ring substituents is 1. The molecule has 0 spiro atoms. The molecule has 0 saturated heterocycles. The van der Waals surface area contributed by atoms with E-state index in [-0.39, 0.29) is 5.69 Å². The topological polar surface area (TPSA) is 77.3 Å². The summed E-state index contributed by atoms with van der Waals surface area (Å²) in [7, 11) is 0. The van der Waals surface area contributed by atoms with Crippen LogP contribution in [0.4, 0.5) is 5.69 Å². The van der Waals surface area contributed by atoms with Crippen LogP contribution in [0.2, 0.25) is 0 Å². The van der Waals surface area contributed by atoms with Gasteiger partial charge in [0.2, 0.25) is 5.88 Å². The van der Waals surface area contributed by atoms with Crippen molar-refractivity contribution < 1.29 is 9.66 Å². The lowest BCUT2D eigenvalue weighted by molar-refractivity contribution is -0.384. The van der Waals surface area contributed by atoms with Gasteiger partial charge in [0.25, 0.3) is 5.69 Å². The van der Waals surface area contributed by atoms with Crippen molar-refractivity contribution in [3.63, 3.8) is 0 Å². The molecule has 0 bridgehead atoms. The van der Waals surface area contributed by atoms with Gasteiger partial charge in [-0.25, -0.2) is 4.98 Å². The molecule has 1 heterocycles. The lowest BCUT2D eigenvalue weighted by atomic mass is 10.2. The van der Waals surface area contributed by atoms with Crippen molar-refractivity contribution in [2.75, 3.05) is 6.54 Å². The standard InChI is InChI=1S/C15H17N3O3/c1-2-8-16-11-12-5-4-9-17-15(12)21-14-7-3-6-13(10-14)18(19)20/h3-7,9-10,16H,2,8,11H2,1H3. The summed E-state index contributed by atoms with van der Waals surface area (Å²) in [6.07, 6.45) is 2.68. The van der Waals surface area contributed by atoms with Gasteiger partial charge in [0.05, 0.1) is 11.0 Å². The van der Waals surface area contributed by atoms with Gasteiger partial charge < -0.3 is 10.1 Å². The van der Waals surface area contributed by atoms with Crippen LogP contribution in [-0.4, -0.2) is 16.5 Å². The van der Waals surface area contributed by atoms with Crippen LogP contribution in [0, 0.1) is 10.1 Å². The molecule has 0 unspecified atom stereocenters. The second-order valence-electron chi connectivity index (χ2n) is 4.50. The number of hydrogen-bond acceptors (Lipinski definition) is 5. The maximum Gasteiger partial charge on any atom is 0.273 e. The number of rotatable bonds is 7. The third kappa shape index (κ3) is 4.25. The van der Waals surface area contributed by atoms with Crippen LogP contribution in [0.3, 0.4) is 0 Å². The Balaban J connectivity index is 2.15. The summed E-state index contributed by atoms with van der Waals surface area (Å²) in [5, 5.41) is 14.1. The summed E-state index contributed by atoms with van der Waals surface area (Å²) in [5.74, 6) is 0.862. The van der Waals surface area contributed by atoms with Gasteiger partial charge in [-0.2, -0.15) is 0 Å². The van der Waals surface area contributed by atoms with Crippen LogP contribution in [0.15, 0.2) is 42.6 Å². The highest BCUT2D eigenvalue weighted by Gasteiger charge is 2.10. The Morgan fingerprint density at radius 1 is 1.33 bits per heavy atom. The fourth-order valence-corrected chi connectivity index (χ4v) is 1.82. The summed E-state index contributed by atoms with van der Waals surface area (Å²) >= 11 is 0. The predicted molar refractivity (Wildman–Crippen MR) is 79.4 cm³/mol. The molecule has 2 rings (SSSR count). The number of non-ortho nitro benzene ring substituents is 1.